The first-order chi connectivity index (χ1) is 9.02. The molecule has 0 saturated carbocycles. The predicted molar refractivity (Wildman–Crippen MR) is 73.8 cm³/mol. The van der Waals surface area contributed by atoms with Crippen LogP contribution in [0, 0.1) is 0 Å². The Morgan fingerprint density at radius 3 is 2.42 bits per heavy atom. The van der Waals surface area contributed by atoms with Gasteiger partial charge in [-0.25, -0.2) is 0 Å². The van der Waals surface area contributed by atoms with Gasteiger partial charge in [0, 0.05) is 6.54 Å². The van der Waals surface area contributed by atoms with E-state index >= 15 is 0 Å². The van der Waals surface area contributed by atoms with Gasteiger partial charge in [0.05, 0.1) is 47.1 Å². The number of hydrogen-bond donors (Lipinski definition) is 2. The van der Waals surface area contributed by atoms with E-state index in [4.69, 9.17) is 14.6 Å². The Kier molecular flexibility index (Phi) is 10.4. The van der Waals surface area contributed by atoms with E-state index in [9.17, 15) is 4.79 Å². The lowest BCUT2D eigenvalue weighted by molar-refractivity contribution is -0.891. The minimum atomic E-state index is -0.191. The molecule has 0 aromatic rings. The zero-order chi connectivity index (χ0) is 14.6. The molecule has 0 fully saturated rings. The molecule has 0 bridgehead atoms. The van der Waals surface area contributed by atoms with E-state index in [0.717, 1.165) is 17.6 Å². The Bertz CT molecular complexity index is 257. The Balaban J connectivity index is 3.27. The average molecular weight is 275 g/mol. The Hall–Kier alpha value is -0.950. The third kappa shape index (κ3) is 11.9. The van der Waals surface area contributed by atoms with Gasteiger partial charge in [-0.3, -0.25) is 4.79 Å². The standard InChI is InChI=1S/C13H26N2O4/c1-4-13(17)14-5-9-18-11-12-19-10-7-15(2,3)6-8-16/h4,16H,1,5-12H2,2-3H3/p+1. The number of carbonyl (C=O) groups excluding carboxylic acids is 1. The molecule has 6 heteroatoms. The van der Waals surface area contributed by atoms with Crippen molar-refractivity contribution in [2.75, 3.05) is 66.8 Å². The van der Waals surface area contributed by atoms with Crippen LogP contribution in [0.5, 0.6) is 0 Å². The second-order valence-electron chi connectivity index (χ2n) is 4.83. The molecule has 0 spiro atoms. The average Bonchev–Trinajstić information content (AvgIpc) is 2.36. The van der Waals surface area contributed by atoms with Crippen LogP contribution in [0.25, 0.3) is 0 Å². The summed E-state index contributed by atoms with van der Waals surface area (Å²) in [6.45, 7) is 7.76. The van der Waals surface area contributed by atoms with Crippen molar-refractivity contribution >= 4 is 5.91 Å². The maximum atomic E-state index is 10.8. The van der Waals surface area contributed by atoms with Crippen LogP contribution in [0.15, 0.2) is 12.7 Å². The van der Waals surface area contributed by atoms with Gasteiger partial charge in [0.15, 0.2) is 0 Å². The van der Waals surface area contributed by atoms with Gasteiger partial charge in [-0.1, -0.05) is 6.58 Å². The quantitative estimate of drug-likeness (QED) is 0.283. The summed E-state index contributed by atoms with van der Waals surface area (Å²) in [4.78, 5) is 10.8. The molecule has 2 N–H and O–H groups in total. The van der Waals surface area contributed by atoms with Gasteiger partial charge < -0.3 is 24.4 Å². The fourth-order valence-electron chi connectivity index (χ4n) is 1.33. The molecule has 0 aromatic carbocycles. The highest BCUT2D eigenvalue weighted by Gasteiger charge is 2.12. The van der Waals surface area contributed by atoms with Crippen molar-refractivity contribution in [2.24, 2.45) is 0 Å². The van der Waals surface area contributed by atoms with E-state index in [2.05, 4.69) is 26.0 Å². The van der Waals surface area contributed by atoms with Gasteiger partial charge in [-0.05, 0) is 6.08 Å². The van der Waals surface area contributed by atoms with Crippen LogP contribution >= 0.6 is 0 Å². The van der Waals surface area contributed by atoms with Crippen molar-refractivity contribution in [1.82, 2.24) is 5.32 Å². The zero-order valence-electron chi connectivity index (χ0n) is 12.1. The second kappa shape index (κ2) is 10.9. The summed E-state index contributed by atoms with van der Waals surface area (Å²) in [6, 6.07) is 0. The number of amides is 1. The largest absolute Gasteiger partial charge is 0.391 e. The van der Waals surface area contributed by atoms with Crippen molar-refractivity contribution in [2.45, 2.75) is 0 Å². The molecule has 0 aliphatic heterocycles. The summed E-state index contributed by atoms with van der Waals surface area (Å²) in [6.07, 6.45) is 1.23. The number of quaternary nitrogens is 1. The molecule has 0 aliphatic carbocycles. The molecular weight excluding hydrogens is 248 g/mol. The number of ether oxygens (including phenoxy) is 2. The Morgan fingerprint density at radius 2 is 1.84 bits per heavy atom. The van der Waals surface area contributed by atoms with Crippen LogP contribution in [0.4, 0.5) is 0 Å². The van der Waals surface area contributed by atoms with Crippen molar-refractivity contribution in [1.29, 1.82) is 0 Å². The molecule has 0 atom stereocenters. The number of nitrogens with zero attached hydrogens (tertiary/aromatic N) is 1. The topological polar surface area (TPSA) is 67.8 Å². The van der Waals surface area contributed by atoms with Gasteiger partial charge in [0.1, 0.15) is 13.1 Å². The highest BCUT2D eigenvalue weighted by Crippen LogP contribution is 1.95. The molecule has 0 aromatic heterocycles. The number of aliphatic hydroxyl groups is 1. The van der Waals surface area contributed by atoms with Gasteiger partial charge >= 0.3 is 0 Å². The molecule has 0 rings (SSSR count). The van der Waals surface area contributed by atoms with Crippen LogP contribution in [-0.4, -0.2) is 82.3 Å². The van der Waals surface area contributed by atoms with Crippen LogP contribution in [0.2, 0.25) is 0 Å². The third-order valence-electron chi connectivity index (χ3n) is 2.65. The predicted octanol–water partition coefficient (Wildman–Crippen LogP) is -0.609. The molecule has 112 valence electrons. The van der Waals surface area contributed by atoms with Crippen molar-refractivity contribution in [3.8, 4) is 0 Å². The number of likely N-dealkylation sites (N-methyl/N-ethyl adjacent to an activating group) is 1. The van der Waals surface area contributed by atoms with E-state index in [1.165, 1.54) is 6.08 Å². The van der Waals surface area contributed by atoms with Crippen molar-refractivity contribution < 1.29 is 23.9 Å². The fourth-order valence-corrected chi connectivity index (χ4v) is 1.33. The first-order valence-electron chi connectivity index (χ1n) is 6.50. The lowest BCUT2D eigenvalue weighted by Gasteiger charge is -2.28. The zero-order valence-corrected chi connectivity index (χ0v) is 12.1. The summed E-state index contributed by atoms with van der Waals surface area (Å²) in [5, 5.41) is 11.5. The van der Waals surface area contributed by atoms with E-state index < -0.39 is 0 Å². The lowest BCUT2D eigenvalue weighted by atomic mass is 10.4. The van der Waals surface area contributed by atoms with Gasteiger partial charge in [-0.2, -0.15) is 0 Å². The second-order valence-corrected chi connectivity index (χ2v) is 4.83. The van der Waals surface area contributed by atoms with E-state index in [-0.39, 0.29) is 12.5 Å². The van der Waals surface area contributed by atoms with E-state index in [0.29, 0.717) is 33.0 Å². The van der Waals surface area contributed by atoms with Crippen LogP contribution < -0.4 is 5.32 Å². The van der Waals surface area contributed by atoms with Crippen molar-refractivity contribution in [3.63, 3.8) is 0 Å². The fraction of sp³-hybridized carbons (Fsp3) is 0.769. The molecule has 0 heterocycles. The summed E-state index contributed by atoms with van der Waals surface area (Å²) in [5.74, 6) is -0.191. The van der Waals surface area contributed by atoms with Gasteiger partial charge in [0.25, 0.3) is 0 Å². The molecule has 6 nitrogen and oxygen atoms in total. The Morgan fingerprint density at radius 1 is 1.21 bits per heavy atom. The summed E-state index contributed by atoms with van der Waals surface area (Å²) in [7, 11) is 4.11. The minimum absolute atomic E-state index is 0.187. The first kappa shape index (κ1) is 18.0. The molecule has 0 saturated heterocycles. The first-order valence-corrected chi connectivity index (χ1v) is 6.50. The third-order valence-corrected chi connectivity index (χ3v) is 2.65. The number of carbonyl (C=O) groups is 1. The summed E-state index contributed by atoms with van der Waals surface area (Å²) < 4.78 is 11.5. The number of aliphatic hydroxyl groups excluding tert-OH is 1. The number of nitrogens with one attached hydrogen (secondary N) is 1. The molecule has 0 unspecified atom stereocenters. The minimum Gasteiger partial charge on any atom is -0.391 e. The van der Waals surface area contributed by atoms with Crippen LogP contribution in [-0.2, 0) is 14.3 Å². The normalized spacial score (nSPS) is 11.3. The highest BCUT2D eigenvalue weighted by molar-refractivity contribution is 5.86. The molecule has 19 heavy (non-hydrogen) atoms. The van der Waals surface area contributed by atoms with Gasteiger partial charge in [0.2, 0.25) is 5.91 Å². The lowest BCUT2D eigenvalue weighted by Crippen LogP contribution is -2.44. The number of hydrogen-bond acceptors (Lipinski definition) is 4. The summed E-state index contributed by atoms with van der Waals surface area (Å²) in [5.41, 5.74) is 0. The molecular formula is C13H27N2O4+. The van der Waals surface area contributed by atoms with Crippen molar-refractivity contribution in [3.05, 3.63) is 12.7 Å². The molecule has 0 radical (unpaired) electrons. The summed E-state index contributed by atoms with van der Waals surface area (Å²) >= 11 is 0. The number of rotatable bonds is 12. The molecule has 1 amide bonds. The maximum Gasteiger partial charge on any atom is 0.243 e. The molecule has 0 aliphatic rings. The maximum absolute atomic E-state index is 10.8. The highest BCUT2D eigenvalue weighted by atomic mass is 16.5. The van der Waals surface area contributed by atoms with Crippen LogP contribution in [0.3, 0.4) is 0 Å². The van der Waals surface area contributed by atoms with E-state index in [1.807, 2.05) is 0 Å². The monoisotopic (exact) mass is 275 g/mol. The Labute approximate surface area is 115 Å². The van der Waals surface area contributed by atoms with E-state index in [1.54, 1.807) is 0 Å². The smallest absolute Gasteiger partial charge is 0.243 e. The SMILES string of the molecule is C=CC(=O)NCCOCCOCC[N+](C)(C)CCO. The van der Waals surface area contributed by atoms with Crippen LogP contribution in [0.1, 0.15) is 0 Å². The van der Waals surface area contributed by atoms with Gasteiger partial charge in [-0.15, -0.1) is 0 Å².